The van der Waals surface area contributed by atoms with Gasteiger partial charge in [-0.25, -0.2) is 4.79 Å². The van der Waals surface area contributed by atoms with E-state index in [0.29, 0.717) is 6.54 Å². The predicted molar refractivity (Wildman–Crippen MR) is 97.6 cm³/mol. The molecule has 0 aromatic heterocycles. The Kier molecular flexibility index (Phi) is 5.71. The maximum Gasteiger partial charge on any atom is 0.508 e. The zero-order valence-corrected chi connectivity index (χ0v) is 14.7. The monoisotopic (exact) mass is 339 g/mol. The first-order valence-corrected chi connectivity index (χ1v) is 8.84. The van der Waals surface area contributed by atoms with E-state index in [-0.39, 0.29) is 24.2 Å². The average Bonchev–Trinajstić information content (AvgIpc) is 3.04. The van der Waals surface area contributed by atoms with E-state index < -0.39 is 6.16 Å². The van der Waals surface area contributed by atoms with Crippen molar-refractivity contribution in [2.24, 2.45) is 0 Å². The van der Waals surface area contributed by atoms with Gasteiger partial charge in [-0.05, 0) is 25.0 Å². The van der Waals surface area contributed by atoms with Crippen LogP contribution in [-0.2, 0) is 9.47 Å². The molecule has 1 N–H and O–H groups in total. The summed E-state index contributed by atoms with van der Waals surface area (Å²) < 4.78 is 10.5. The number of nitrogens with one attached hydrogen (secondary N) is 1. The second kappa shape index (κ2) is 8.17. The molecule has 25 heavy (non-hydrogen) atoms. The Balaban J connectivity index is 1.74. The second-order valence-corrected chi connectivity index (χ2v) is 6.71. The molecule has 4 heteroatoms. The van der Waals surface area contributed by atoms with Crippen LogP contribution in [0.4, 0.5) is 4.79 Å². The molecular formula is C21H25NO3. The summed E-state index contributed by atoms with van der Waals surface area (Å²) in [7, 11) is 0. The summed E-state index contributed by atoms with van der Waals surface area (Å²) in [6, 6.07) is 21.1. The van der Waals surface area contributed by atoms with Crippen LogP contribution in [0.3, 0.4) is 0 Å². The van der Waals surface area contributed by atoms with Crippen LogP contribution in [0.2, 0.25) is 0 Å². The predicted octanol–water partition coefficient (Wildman–Crippen LogP) is 4.11. The summed E-state index contributed by atoms with van der Waals surface area (Å²) in [6.07, 6.45) is -0.148. The van der Waals surface area contributed by atoms with Crippen molar-refractivity contribution in [1.29, 1.82) is 0 Å². The van der Waals surface area contributed by atoms with Crippen LogP contribution in [0.25, 0.3) is 0 Å². The third-order valence-corrected chi connectivity index (χ3v) is 4.44. The van der Waals surface area contributed by atoms with Gasteiger partial charge in [-0.2, -0.15) is 0 Å². The van der Waals surface area contributed by atoms with Gasteiger partial charge in [-0.15, -0.1) is 0 Å². The van der Waals surface area contributed by atoms with Gasteiger partial charge in [0.2, 0.25) is 0 Å². The van der Waals surface area contributed by atoms with E-state index >= 15 is 0 Å². The molecule has 0 amide bonds. The van der Waals surface area contributed by atoms with Crippen molar-refractivity contribution in [3.05, 3.63) is 71.8 Å². The maximum absolute atomic E-state index is 11.8. The van der Waals surface area contributed by atoms with Gasteiger partial charge in [0, 0.05) is 24.9 Å². The van der Waals surface area contributed by atoms with Crippen LogP contribution in [-0.4, -0.2) is 30.9 Å². The number of carbonyl (C=O) groups excluding carboxylic acids is 1. The summed E-state index contributed by atoms with van der Waals surface area (Å²) in [5.74, 6) is 0.220. The summed E-state index contributed by atoms with van der Waals surface area (Å²) in [5, 5.41) is 3.53. The van der Waals surface area contributed by atoms with Gasteiger partial charge >= 0.3 is 6.16 Å². The highest BCUT2D eigenvalue weighted by Gasteiger charge is 2.34. The number of carbonyl (C=O) groups is 1. The van der Waals surface area contributed by atoms with Crippen molar-refractivity contribution in [3.8, 4) is 0 Å². The van der Waals surface area contributed by atoms with E-state index in [1.807, 2.05) is 26.0 Å². The Labute approximate surface area is 149 Å². The highest BCUT2D eigenvalue weighted by molar-refractivity contribution is 5.60. The largest absolute Gasteiger partial charge is 0.508 e. The Morgan fingerprint density at radius 2 is 1.56 bits per heavy atom. The number of hydrogen-bond acceptors (Lipinski definition) is 4. The molecule has 3 rings (SSSR count). The normalized spacial score (nSPS) is 20.0. The van der Waals surface area contributed by atoms with Crippen molar-refractivity contribution in [2.45, 2.75) is 44.4 Å². The molecular weight excluding hydrogens is 314 g/mol. The van der Waals surface area contributed by atoms with E-state index in [4.69, 9.17) is 9.47 Å². The molecule has 4 nitrogen and oxygen atoms in total. The number of hydrogen-bond donors (Lipinski definition) is 1. The average molecular weight is 339 g/mol. The van der Waals surface area contributed by atoms with Gasteiger partial charge in [0.25, 0.3) is 0 Å². The van der Waals surface area contributed by atoms with Gasteiger partial charge in [-0.3, -0.25) is 0 Å². The highest BCUT2D eigenvalue weighted by Crippen LogP contribution is 2.32. The van der Waals surface area contributed by atoms with Crippen molar-refractivity contribution in [1.82, 2.24) is 5.32 Å². The summed E-state index contributed by atoms with van der Waals surface area (Å²) in [6.45, 7) is 4.28. The molecule has 132 valence electrons. The lowest BCUT2D eigenvalue weighted by Gasteiger charge is -2.25. The molecule has 1 saturated heterocycles. The molecule has 2 atom stereocenters. The summed E-state index contributed by atoms with van der Waals surface area (Å²) >= 11 is 0. The van der Waals surface area contributed by atoms with Gasteiger partial charge < -0.3 is 14.8 Å². The third-order valence-electron chi connectivity index (χ3n) is 4.44. The fourth-order valence-electron chi connectivity index (χ4n) is 3.41. The van der Waals surface area contributed by atoms with Crippen LogP contribution >= 0.6 is 0 Å². The lowest BCUT2D eigenvalue weighted by molar-refractivity contribution is 0.0118. The Morgan fingerprint density at radius 1 is 1.00 bits per heavy atom. The van der Waals surface area contributed by atoms with Crippen LogP contribution in [0.1, 0.15) is 37.3 Å². The Bertz CT molecular complexity index is 633. The first-order chi connectivity index (χ1) is 12.1. The topological polar surface area (TPSA) is 47.6 Å². The molecule has 0 spiro atoms. The maximum atomic E-state index is 11.8. The van der Waals surface area contributed by atoms with Crippen molar-refractivity contribution >= 4 is 6.16 Å². The third kappa shape index (κ3) is 4.60. The van der Waals surface area contributed by atoms with Crippen molar-refractivity contribution in [2.75, 3.05) is 6.54 Å². The number of rotatable bonds is 5. The zero-order chi connectivity index (χ0) is 17.6. The molecule has 1 heterocycles. The second-order valence-electron chi connectivity index (χ2n) is 6.71. The number of benzene rings is 2. The quantitative estimate of drug-likeness (QED) is 0.833. The molecule has 1 aliphatic rings. The first kappa shape index (κ1) is 17.5. The molecule has 0 bridgehead atoms. The minimum absolute atomic E-state index is 0.161. The van der Waals surface area contributed by atoms with Crippen molar-refractivity contribution < 1.29 is 14.3 Å². The minimum Gasteiger partial charge on any atom is -0.432 e. The standard InChI is InChI=1S/C21H25NO3/c1-15(2)24-21(23)25-18-13-19(22-14-18)20(16-9-5-3-6-10-16)17-11-7-4-8-12-17/h3-12,15,18-20,22H,13-14H2,1-2H3/t18-,19-/m1/s1. The molecule has 0 saturated carbocycles. The molecule has 0 radical (unpaired) electrons. The lowest BCUT2D eigenvalue weighted by atomic mass is 9.84. The summed E-state index contributed by atoms with van der Waals surface area (Å²) in [5.41, 5.74) is 2.52. The van der Waals surface area contributed by atoms with Gasteiger partial charge in [0.05, 0.1) is 6.10 Å². The Hall–Kier alpha value is -2.33. The van der Waals surface area contributed by atoms with Crippen LogP contribution in [0, 0.1) is 0 Å². The van der Waals surface area contributed by atoms with Crippen LogP contribution < -0.4 is 5.32 Å². The number of ether oxygens (including phenoxy) is 2. The molecule has 1 aliphatic heterocycles. The van der Waals surface area contributed by atoms with Gasteiger partial charge in [0.15, 0.2) is 0 Å². The van der Waals surface area contributed by atoms with E-state index in [1.54, 1.807) is 0 Å². The van der Waals surface area contributed by atoms with E-state index in [9.17, 15) is 4.79 Å². The van der Waals surface area contributed by atoms with Crippen molar-refractivity contribution in [3.63, 3.8) is 0 Å². The summed E-state index contributed by atoms with van der Waals surface area (Å²) in [4.78, 5) is 11.8. The smallest absolute Gasteiger partial charge is 0.432 e. The van der Waals surface area contributed by atoms with E-state index in [1.165, 1.54) is 11.1 Å². The molecule has 2 aromatic carbocycles. The van der Waals surface area contributed by atoms with E-state index in [0.717, 1.165) is 6.42 Å². The molecule has 0 aliphatic carbocycles. The van der Waals surface area contributed by atoms with Gasteiger partial charge in [-0.1, -0.05) is 60.7 Å². The minimum atomic E-state index is -0.585. The molecule has 0 unspecified atom stereocenters. The van der Waals surface area contributed by atoms with Gasteiger partial charge in [0.1, 0.15) is 6.10 Å². The fourth-order valence-corrected chi connectivity index (χ4v) is 3.41. The zero-order valence-electron chi connectivity index (χ0n) is 14.7. The lowest BCUT2D eigenvalue weighted by Crippen LogP contribution is -2.29. The van der Waals surface area contributed by atoms with Crippen LogP contribution in [0.15, 0.2) is 60.7 Å². The first-order valence-electron chi connectivity index (χ1n) is 8.84. The fraction of sp³-hybridized carbons (Fsp3) is 0.381. The Morgan fingerprint density at radius 3 is 2.08 bits per heavy atom. The SMILES string of the molecule is CC(C)OC(=O)O[C@H]1CN[C@@H](C(c2ccccc2)c2ccccc2)C1. The highest BCUT2D eigenvalue weighted by atomic mass is 16.7. The molecule has 2 aromatic rings. The van der Waals surface area contributed by atoms with Crippen LogP contribution in [0.5, 0.6) is 0 Å². The molecule has 1 fully saturated rings. The van der Waals surface area contributed by atoms with E-state index in [2.05, 4.69) is 53.8 Å².